The Morgan fingerprint density at radius 2 is 1.83 bits per heavy atom. The molecule has 1 aliphatic heterocycles. The maximum Gasteiger partial charge on any atom is 0.272 e. The monoisotopic (exact) mass is 248 g/mol. The van der Waals surface area contributed by atoms with Gasteiger partial charge in [0.2, 0.25) is 5.91 Å². The molecule has 0 aromatic carbocycles. The zero-order valence-corrected chi connectivity index (χ0v) is 10.3. The Labute approximate surface area is 105 Å². The van der Waals surface area contributed by atoms with Crippen molar-refractivity contribution >= 4 is 17.5 Å². The van der Waals surface area contributed by atoms with Crippen LogP contribution in [0.3, 0.4) is 0 Å². The molecule has 0 saturated carbocycles. The third kappa shape index (κ3) is 2.58. The van der Waals surface area contributed by atoms with Crippen LogP contribution in [0.5, 0.6) is 0 Å². The van der Waals surface area contributed by atoms with Crippen molar-refractivity contribution < 1.29 is 9.59 Å². The smallest absolute Gasteiger partial charge is 0.272 e. The predicted octanol–water partition coefficient (Wildman–Crippen LogP) is -0.0319. The molecule has 1 fully saturated rings. The van der Waals surface area contributed by atoms with Crippen LogP contribution in [0.15, 0.2) is 18.3 Å². The average Bonchev–Trinajstić information content (AvgIpc) is 2.38. The lowest BCUT2D eigenvalue weighted by molar-refractivity contribution is -0.130. The number of nitrogens with zero attached hydrogens (tertiary/aromatic N) is 3. The zero-order valence-electron chi connectivity index (χ0n) is 10.3. The van der Waals surface area contributed by atoms with E-state index in [1.807, 2.05) is 0 Å². The summed E-state index contributed by atoms with van der Waals surface area (Å²) in [4.78, 5) is 30.8. The van der Waals surface area contributed by atoms with Crippen LogP contribution in [0.25, 0.3) is 0 Å². The summed E-state index contributed by atoms with van der Waals surface area (Å²) in [5.74, 6) is -0.0883. The van der Waals surface area contributed by atoms with Gasteiger partial charge in [-0.3, -0.25) is 14.6 Å². The molecule has 6 nitrogen and oxygen atoms in total. The Kier molecular flexibility index (Phi) is 3.45. The van der Waals surface area contributed by atoms with Crippen molar-refractivity contribution in [1.29, 1.82) is 0 Å². The van der Waals surface area contributed by atoms with Gasteiger partial charge in [-0.1, -0.05) is 0 Å². The molecule has 6 heteroatoms. The summed E-state index contributed by atoms with van der Waals surface area (Å²) in [6.45, 7) is 3.76. The molecule has 0 aliphatic carbocycles. The summed E-state index contributed by atoms with van der Waals surface area (Å²) >= 11 is 0. The first kappa shape index (κ1) is 12.3. The van der Waals surface area contributed by atoms with Gasteiger partial charge in [0.1, 0.15) is 5.69 Å². The number of piperazine rings is 1. The minimum absolute atomic E-state index is 0.0455. The molecule has 2 amide bonds. The summed E-state index contributed by atoms with van der Waals surface area (Å²) in [6, 6.07) is 3.21. The average molecular weight is 248 g/mol. The molecule has 2 rings (SSSR count). The summed E-state index contributed by atoms with van der Waals surface area (Å²) in [5.41, 5.74) is 6.50. The zero-order chi connectivity index (χ0) is 13.1. The molecule has 2 N–H and O–H groups in total. The van der Waals surface area contributed by atoms with Crippen LogP contribution >= 0.6 is 0 Å². The van der Waals surface area contributed by atoms with E-state index in [1.54, 1.807) is 21.9 Å². The number of carbonyl (C=O) groups is 2. The fraction of sp³-hybridized carbons (Fsp3) is 0.417. The lowest BCUT2D eigenvalue weighted by Crippen LogP contribution is -2.50. The van der Waals surface area contributed by atoms with E-state index >= 15 is 0 Å². The van der Waals surface area contributed by atoms with Gasteiger partial charge in [0.15, 0.2) is 0 Å². The van der Waals surface area contributed by atoms with Crippen molar-refractivity contribution in [3.8, 4) is 0 Å². The number of anilines is 1. The Balaban J connectivity index is 2.02. The van der Waals surface area contributed by atoms with Crippen molar-refractivity contribution in [2.45, 2.75) is 6.92 Å². The van der Waals surface area contributed by atoms with E-state index in [-0.39, 0.29) is 11.8 Å². The second kappa shape index (κ2) is 5.03. The summed E-state index contributed by atoms with van der Waals surface area (Å²) in [7, 11) is 0. The lowest BCUT2D eigenvalue weighted by Gasteiger charge is -2.34. The van der Waals surface area contributed by atoms with Crippen LogP contribution in [-0.4, -0.2) is 52.8 Å². The highest BCUT2D eigenvalue weighted by Gasteiger charge is 2.23. The first-order valence-electron chi connectivity index (χ1n) is 5.84. The van der Waals surface area contributed by atoms with Gasteiger partial charge in [-0.15, -0.1) is 0 Å². The third-order valence-electron chi connectivity index (χ3n) is 3.02. The van der Waals surface area contributed by atoms with E-state index in [1.165, 1.54) is 13.1 Å². The highest BCUT2D eigenvalue weighted by atomic mass is 16.2. The highest BCUT2D eigenvalue weighted by Crippen LogP contribution is 2.09. The fourth-order valence-electron chi connectivity index (χ4n) is 1.95. The Hall–Kier alpha value is -2.11. The summed E-state index contributed by atoms with van der Waals surface area (Å²) in [6.07, 6.45) is 1.52. The highest BCUT2D eigenvalue weighted by molar-refractivity contribution is 5.93. The number of amides is 2. The molecule has 0 bridgehead atoms. The number of rotatable bonds is 1. The number of carbonyl (C=O) groups excluding carboxylic acids is 2. The van der Waals surface area contributed by atoms with Gasteiger partial charge in [0.25, 0.3) is 5.91 Å². The number of nitrogen functional groups attached to an aromatic ring is 1. The Bertz CT molecular complexity index is 467. The van der Waals surface area contributed by atoms with Gasteiger partial charge < -0.3 is 15.5 Å². The third-order valence-corrected chi connectivity index (χ3v) is 3.02. The number of hydrogen-bond acceptors (Lipinski definition) is 4. The second-order valence-corrected chi connectivity index (χ2v) is 4.27. The molecule has 0 radical (unpaired) electrons. The minimum Gasteiger partial charge on any atom is -0.399 e. The normalized spacial score (nSPS) is 15.6. The molecule has 0 atom stereocenters. The van der Waals surface area contributed by atoms with E-state index in [9.17, 15) is 9.59 Å². The maximum atomic E-state index is 12.1. The van der Waals surface area contributed by atoms with E-state index in [0.717, 1.165) is 0 Å². The molecule has 2 heterocycles. The van der Waals surface area contributed by atoms with Crippen molar-refractivity contribution in [2.75, 3.05) is 31.9 Å². The quantitative estimate of drug-likeness (QED) is 0.756. The number of aromatic nitrogens is 1. The Morgan fingerprint density at radius 3 is 2.39 bits per heavy atom. The Morgan fingerprint density at radius 1 is 1.22 bits per heavy atom. The first-order valence-corrected chi connectivity index (χ1v) is 5.84. The number of pyridine rings is 1. The van der Waals surface area contributed by atoms with Gasteiger partial charge in [0.05, 0.1) is 0 Å². The van der Waals surface area contributed by atoms with Gasteiger partial charge in [-0.25, -0.2) is 0 Å². The molecule has 0 unspecified atom stereocenters. The standard InChI is InChI=1S/C12H16N4O2/c1-9(17)15-4-6-16(7-5-15)12(18)11-8-10(13)2-3-14-11/h2-3,8H,4-7H2,1H3,(H2,13,14). The topological polar surface area (TPSA) is 79.5 Å². The van der Waals surface area contributed by atoms with Gasteiger partial charge >= 0.3 is 0 Å². The van der Waals surface area contributed by atoms with Crippen molar-refractivity contribution in [2.24, 2.45) is 0 Å². The lowest BCUT2D eigenvalue weighted by atomic mass is 10.2. The van der Waals surface area contributed by atoms with Gasteiger partial charge in [0, 0.05) is 45.0 Å². The van der Waals surface area contributed by atoms with Crippen molar-refractivity contribution in [1.82, 2.24) is 14.8 Å². The molecule has 18 heavy (non-hydrogen) atoms. The summed E-state index contributed by atoms with van der Waals surface area (Å²) in [5, 5.41) is 0. The second-order valence-electron chi connectivity index (χ2n) is 4.27. The molecular weight excluding hydrogens is 232 g/mol. The molecular formula is C12H16N4O2. The SMILES string of the molecule is CC(=O)N1CCN(C(=O)c2cc(N)ccn2)CC1. The van der Waals surface area contributed by atoms with Crippen LogP contribution in [-0.2, 0) is 4.79 Å². The minimum atomic E-state index is -0.134. The van der Waals surface area contributed by atoms with Crippen LogP contribution < -0.4 is 5.73 Å². The predicted molar refractivity (Wildman–Crippen MR) is 66.8 cm³/mol. The van der Waals surface area contributed by atoms with Crippen molar-refractivity contribution in [3.05, 3.63) is 24.0 Å². The molecule has 1 aliphatic rings. The van der Waals surface area contributed by atoms with Crippen LogP contribution in [0.1, 0.15) is 17.4 Å². The number of nitrogens with two attached hydrogens (primary N) is 1. The number of hydrogen-bond donors (Lipinski definition) is 1. The van der Waals surface area contributed by atoms with Gasteiger partial charge in [-0.05, 0) is 12.1 Å². The van der Waals surface area contributed by atoms with Crippen LogP contribution in [0, 0.1) is 0 Å². The molecule has 96 valence electrons. The molecule has 1 aromatic heterocycles. The van der Waals surface area contributed by atoms with Gasteiger partial charge in [-0.2, -0.15) is 0 Å². The van der Waals surface area contributed by atoms with E-state index in [0.29, 0.717) is 37.6 Å². The maximum absolute atomic E-state index is 12.1. The largest absolute Gasteiger partial charge is 0.399 e. The van der Waals surface area contributed by atoms with E-state index in [2.05, 4.69) is 4.98 Å². The molecule has 1 aromatic rings. The first-order chi connectivity index (χ1) is 8.58. The van der Waals surface area contributed by atoms with Crippen LogP contribution in [0.2, 0.25) is 0 Å². The summed E-state index contributed by atoms with van der Waals surface area (Å²) < 4.78 is 0. The molecule has 0 spiro atoms. The molecule has 1 saturated heterocycles. The van der Waals surface area contributed by atoms with Crippen LogP contribution in [0.4, 0.5) is 5.69 Å². The van der Waals surface area contributed by atoms with E-state index < -0.39 is 0 Å². The fourth-order valence-corrected chi connectivity index (χ4v) is 1.95. The van der Waals surface area contributed by atoms with Crippen molar-refractivity contribution in [3.63, 3.8) is 0 Å². The van der Waals surface area contributed by atoms with E-state index in [4.69, 9.17) is 5.73 Å².